The highest BCUT2D eigenvalue weighted by Crippen LogP contribution is 2.86. The molecular formula is C24H26P2S2. The first-order valence-corrected chi connectivity index (χ1v) is 15.8. The molecule has 1 unspecified atom stereocenters. The summed E-state index contributed by atoms with van der Waals surface area (Å²) in [6.45, 7) is 9.52. The van der Waals surface area contributed by atoms with Crippen LogP contribution in [0.3, 0.4) is 0 Å². The number of benzene rings is 2. The Hall–Kier alpha value is -0.780. The van der Waals surface area contributed by atoms with Crippen molar-refractivity contribution in [1.82, 2.24) is 0 Å². The van der Waals surface area contributed by atoms with Crippen LogP contribution in [-0.2, 0) is 23.6 Å². The lowest BCUT2D eigenvalue weighted by atomic mass is 9.69. The van der Waals surface area contributed by atoms with Gasteiger partial charge < -0.3 is 0 Å². The maximum Gasteiger partial charge on any atom is 0.0232 e. The largest absolute Gasteiger partial charge is 0.0913 e. The van der Waals surface area contributed by atoms with Crippen LogP contribution in [0.5, 0.6) is 0 Å². The van der Waals surface area contributed by atoms with Crippen molar-refractivity contribution in [3.8, 4) is 0 Å². The van der Waals surface area contributed by atoms with Gasteiger partial charge >= 0.3 is 0 Å². The number of rotatable bonds is 2. The molecule has 3 heterocycles. The van der Waals surface area contributed by atoms with Crippen molar-refractivity contribution in [3.05, 3.63) is 83.2 Å². The van der Waals surface area contributed by atoms with Crippen molar-refractivity contribution >= 4 is 46.3 Å². The van der Waals surface area contributed by atoms with Crippen molar-refractivity contribution < 1.29 is 0 Å². The van der Waals surface area contributed by atoms with Gasteiger partial charge in [-0.25, -0.2) is 0 Å². The molecule has 0 nitrogen and oxygen atoms in total. The third kappa shape index (κ3) is 2.09. The highest BCUT2D eigenvalue weighted by molar-refractivity contribution is 8.22. The molecule has 4 heteroatoms. The standard InChI is InChI=1S/C24H26P2S2/c1-16-15-25(27,19-11-7-5-8-12-19)23-21-17(2)18(3)22(24(16,23)4)26(21,28)20-13-9-6-10-14-20/h5-15,21-23H,1-4H3/t21-,22+,23-,24+,25?,26+/m0/s1. The first kappa shape index (κ1) is 19.2. The van der Waals surface area contributed by atoms with E-state index in [-0.39, 0.29) is 5.41 Å². The van der Waals surface area contributed by atoms with Gasteiger partial charge in [0.15, 0.2) is 0 Å². The molecule has 0 aliphatic carbocycles. The molecule has 144 valence electrons. The lowest BCUT2D eigenvalue weighted by molar-refractivity contribution is 0.399. The molecule has 5 rings (SSSR count). The van der Waals surface area contributed by atoms with E-state index in [0.717, 1.165) is 0 Å². The summed E-state index contributed by atoms with van der Waals surface area (Å²) in [7, 11) is 0. The van der Waals surface area contributed by atoms with Crippen LogP contribution in [0.15, 0.2) is 83.2 Å². The normalized spacial score (nSPS) is 41.3. The smallest absolute Gasteiger partial charge is 0.0232 e. The van der Waals surface area contributed by atoms with Crippen LogP contribution in [0.1, 0.15) is 27.7 Å². The van der Waals surface area contributed by atoms with E-state index < -0.39 is 12.1 Å². The van der Waals surface area contributed by atoms with Gasteiger partial charge in [-0.3, -0.25) is 0 Å². The van der Waals surface area contributed by atoms with Gasteiger partial charge in [-0.2, -0.15) is 0 Å². The third-order valence-electron chi connectivity index (χ3n) is 7.72. The van der Waals surface area contributed by atoms with Crippen LogP contribution in [0.4, 0.5) is 0 Å². The number of allylic oxidation sites excluding steroid dienone is 3. The molecular weight excluding hydrogens is 414 g/mol. The zero-order valence-corrected chi connectivity index (χ0v) is 20.2. The first-order valence-electron chi connectivity index (χ1n) is 9.94. The van der Waals surface area contributed by atoms with Gasteiger partial charge in [-0.1, -0.05) is 108 Å². The second-order valence-corrected chi connectivity index (χ2v) is 18.2. The maximum absolute atomic E-state index is 6.74. The predicted octanol–water partition coefficient (Wildman–Crippen LogP) is 5.99. The van der Waals surface area contributed by atoms with E-state index in [1.807, 2.05) is 0 Å². The summed E-state index contributed by atoms with van der Waals surface area (Å²) < 4.78 is 0. The van der Waals surface area contributed by atoms with E-state index in [1.54, 1.807) is 11.1 Å². The molecule has 2 aromatic rings. The van der Waals surface area contributed by atoms with E-state index >= 15 is 0 Å². The summed E-state index contributed by atoms with van der Waals surface area (Å²) in [4.78, 5) is 0. The minimum absolute atomic E-state index is 0.102. The van der Waals surface area contributed by atoms with Gasteiger partial charge in [0.25, 0.3) is 0 Å². The van der Waals surface area contributed by atoms with Crippen molar-refractivity contribution in [2.75, 3.05) is 0 Å². The molecule has 28 heavy (non-hydrogen) atoms. The summed E-state index contributed by atoms with van der Waals surface area (Å²) in [6, 6.07) is 18.3. The Morgan fingerprint density at radius 1 is 0.786 bits per heavy atom. The lowest BCUT2D eigenvalue weighted by Crippen LogP contribution is -2.41. The molecule has 0 N–H and O–H groups in total. The topological polar surface area (TPSA) is 0 Å². The van der Waals surface area contributed by atoms with E-state index in [0.29, 0.717) is 17.0 Å². The Balaban J connectivity index is 1.81. The Morgan fingerprint density at radius 3 is 1.89 bits per heavy atom. The van der Waals surface area contributed by atoms with Gasteiger partial charge in [0, 0.05) is 28.4 Å². The zero-order valence-electron chi connectivity index (χ0n) is 16.8. The predicted molar refractivity (Wildman–Crippen MR) is 132 cm³/mol. The Morgan fingerprint density at radius 2 is 1.32 bits per heavy atom. The molecule has 1 fully saturated rings. The fourth-order valence-electron chi connectivity index (χ4n) is 6.40. The molecule has 0 spiro atoms. The third-order valence-corrected chi connectivity index (χ3v) is 19.4. The van der Waals surface area contributed by atoms with Crippen molar-refractivity contribution in [1.29, 1.82) is 0 Å². The van der Waals surface area contributed by atoms with E-state index in [4.69, 9.17) is 23.6 Å². The minimum Gasteiger partial charge on any atom is -0.0913 e. The van der Waals surface area contributed by atoms with Gasteiger partial charge in [0.1, 0.15) is 0 Å². The Kier molecular flexibility index (Phi) is 4.19. The van der Waals surface area contributed by atoms with Crippen molar-refractivity contribution in [2.24, 2.45) is 5.41 Å². The second kappa shape index (κ2) is 6.12. The molecule has 3 aliphatic heterocycles. The van der Waals surface area contributed by atoms with Gasteiger partial charge in [0.05, 0.1) is 0 Å². The minimum atomic E-state index is -1.86. The second-order valence-electron chi connectivity index (χ2n) is 8.84. The van der Waals surface area contributed by atoms with E-state index in [1.165, 1.54) is 16.2 Å². The molecule has 0 radical (unpaired) electrons. The molecule has 3 aliphatic rings. The quantitative estimate of drug-likeness (QED) is 0.416. The Labute approximate surface area is 179 Å². The Bertz CT molecular complexity index is 1130. The lowest BCUT2D eigenvalue weighted by Gasteiger charge is -2.41. The fourth-order valence-corrected chi connectivity index (χ4v) is 21.5. The molecule has 2 bridgehead atoms. The van der Waals surface area contributed by atoms with E-state index in [9.17, 15) is 0 Å². The number of hydrogen-bond donors (Lipinski definition) is 0. The highest BCUT2D eigenvalue weighted by Gasteiger charge is 2.71. The van der Waals surface area contributed by atoms with Crippen LogP contribution in [0, 0.1) is 5.41 Å². The van der Waals surface area contributed by atoms with Crippen LogP contribution in [0.25, 0.3) is 0 Å². The van der Waals surface area contributed by atoms with Gasteiger partial charge in [-0.05, 0) is 43.2 Å². The summed E-state index contributed by atoms with van der Waals surface area (Å²) in [5.74, 6) is 2.51. The first-order chi connectivity index (χ1) is 13.3. The van der Waals surface area contributed by atoms with Crippen LogP contribution >= 0.6 is 12.1 Å². The molecule has 0 aromatic heterocycles. The van der Waals surface area contributed by atoms with Crippen molar-refractivity contribution in [2.45, 2.75) is 44.7 Å². The van der Waals surface area contributed by atoms with E-state index in [2.05, 4.69) is 94.2 Å². The summed E-state index contributed by atoms with van der Waals surface area (Å²) >= 11 is 13.4. The molecule has 2 aromatic carbocycles. The molecule has 6 atom stereocenters. The molecule has 0 amide bonds. The van der Waals surface area contributed by atoms with Gasteiger partial charge in [-0.15, -0.1) is 0 Å². The van der Waals surface area contributed by atoms with Crippen LogP contribution in [0.2, 0.25) is 0 Å². The zero-order chi connectivity index (χ0) is 19.9. The number of hydrogen-bond acceptors (Lipinski definition) is 2. The molecule has 1 saturated heterocycles. The fraction of sp³-hybridized carbons (Fsp3) is 0.333. The van der Waals surface area contributed by atoms with Crippen LogP contribution < -0.4 is 10.6 Å². The van der Waals surface area contributed by atoms with Gasteiger partial charge in [0.2, 0.25) is 0 Å². The molecule has 0 saturated carbocycles. The maximum atomic E-state index is 6.74. The number of fused-ring (bicyclic) bond motifs is 5. The summed E-state index contributed by atoms with van der Waals surface area (Å²) in [5.41, 5.74) is 6.07. The van der Waals surface area contributed by atoms with Crippen molar-refractivity contribution in [3.63, 3.8) is 0 Å². The highest BCUT2D eigenvalue weighted by atomic mass is 32.4. The SMILES string of the molecule is CC1=CP(=S)(c2ccccc2)[C@H]2[C@@H]3C(C)=C(C)[C@H]([C@@]12C)[P@@]3(=S)c1ccccc1. The van der Waals surface area contributed by atoms with Crippen LogP contribution in [-0.4, -0.2) is 17.0 Å². The average Bonchev–Trinajstić information content (AvgIpc) is 3.14. The average molecular weight is 441 g/mol. The monoisotopic (exact) mass is 440 g/mol. The summed E-state index contributed by atoms with van der Waals surface area (Å²) in [5, 5.41) is 2.78. The summed E-state index contributed by atoms with van der Waals surface area (Å²) in [6.07, 6.45) is 0.